The summed E-state index contributed by atoms with van der Waals surface area (Å²) in [6.07, 6.45) is -0.408. The number of hydrogen-bond acceptors (Lipinski definition) is 6. The van der Waals surface area contributed by atoms with Crippen LogP contribution in [-0.2, 0) is 10.5 Å². The van der Waals surface area contributed by atoms with Crippen molar-refractivity contribution in [2.24, 2.45) is 10.1 Å². The average Bonchev–Trinajstić information content (AvgIpc) is 2.88. The third kappa shape index (κ3) is 4.31. The van der Waals surface area contributed by atoms with Gasteiger partial charge in [-0.05, 0) is 43.2 Å². The monoisotopic (exact) mass is 469 g/mol. The molecule has 0 spiro atoms. The number of hydrazone groups is 1. The van der Waals surface area contributed by atoms with Crippen LogP contribution in [0.15, 0.2) is 89.0 Å². The van der Waals surface area contributed by atoms with Crippen LogP contribution < -0.4 is 20.8 Å². The number of rotatable bonds is 6. The first-order valence-corrected chi connectivity index (χ1v) is 12.5. The topological polar surface area (TPSA) is 60.3 Å². The van der Waals surface area contributed by atoms with E-state index in [2.05, 4.69) is 60.5 Å². The van der Waals surface area contributed by atoms with Crippen molar-refractivity contribution in [3.63, 3.8) is 0 Å². The van der Waals surface area contributed by atoms with Crippen LogP contribution in [0.25, 0.3) is 5.70 Å². The number of anilines is 1. The molecule has 3 aromatic rings. The Kier molecular flexibility index (Phi) is 6.36. The normalized spacial score (nSPS) is 16.7. The summed E-state index contributed by atoms with van der Waals surface area (Å²) in [4.78, 5) is 20.6. The third-order valence-corrected chi connectivity index (χ3v) is 6.99. The molecule has 0 saturated carbocycles. The number of thioether (sulfide) groups is 1. The Morgan fingerprint density at radius 1 is 0.941 bits per heavy atom. The molecule has 0 aliphatic carbocycles. The molecule has 5 rings (SSSR count). The summed E-state index contributed by atoms with van der Waals surface area (Å²) in [5, 5.41) is 11.8. The average molecular weight is 470 g/mol. The number of nitrogens with zero attached hydrogens (tertiary/aromatic N) is 4. The molecular weight excluding hydrogens is 442 g/mol. The minimum Gasteiger partial charge on any atom is -0.372 e. The maximum absolute atomic E-state index is 13.3. The maximum Gasteiger partial charge on any atom is 0.276 e. The highest BCUT2D eigenvalue weighted by Gasteiger charge is 2.34. The van der Waals surface area contributed by atoms with Crippen LogP contribution in [0.4, 0.5) is 5.69 Å². The maximum atomic E-state index is 13.3. The Morgan fingerprint density at radius 2 is 1.65 bits per heavy atom. The molecule has 7 heteroatoms. The van der Waals surface area contributed by atoms with Crippen LogP contribution in [0, 0.1) is 0 Å². The lowest BCUT2D eigenvalue weighted by molar-refractivity contribution is -0.116. The van der Waals surface area contributed by atoms with Crippen LogP contribution in [-0.4, -0.2) is 29.2 Å². The van der Waals surface area contributed by atoms with Gasteiger partial charge in [0.1, 0.15) is 5.70 Å². The van der Waals surface area contributed by atoms with E-state index in [-0.39, 0.29) is 5.91 Å². The predicted octanol–water partition coefficient (Wildman–Crippen LogP) is 3.61. The second-order valence-corrected chi connectivity index (χ2v) is 9.07. The summed E-state index contributed by atoms with van der Waals surface area (Å²) in [6.45, 7) is 6.21. The summed E-state index contributed by atoms with van der Waals surface area (Å²) in [5.41, 5.74) is 3.88. The van der Waals surface area contributed by atoms with E-state index in [0.29, 0.717) is 10.9 Å². The van der Waals surface area contributed by atoms with E-state index in [9.17, 15) is 4.79 Å². The fourth-order valence-corrected chi connectivity index (χ4v) is 5.09. The Balaban J connectivity index is 1.53. The molecule has 0 fully saturated rings. The van der Waals surface area contributed by atoms with Gasteiger partial charge in [-0.25, -0.2) is 5.01 Å². The van der Waals surface area contributed by atoms with Gasteiger partial charge in [0, 0.05) is 29.7 Å². The minimum absolute atomic E-state index is 0.155. The molecule has 2 heterocycles. The van der Waals surface area contributed by atoms with Crippen molar-refractivity contribution < 1.29 is 4.79 Å². The number of carbonyl (C=O) groups excluding carboxylic acids is 1. The Labute approximate surface area is 203 Å². The number of fused-ring (bicyclic) bond motifs is 2. The molecule has 0 unspecified atom stereocenters. The lowest BCUT2D eigenvalue weighted by atomic mass is 10.1. The highest BCUT2D eigenvalue weighted by atomic mass is 32.2. The molecule has 0 radical (unpaired) electrons. The molecule has 0 saturated heterocycles. The largest absolute Gasteiger partial charge is 0.372 e. The summed E-state index contributed by atoms with van der Waals surface area (Å²) < 4.78 is 0. The fourth-order valence-electron chi connectivity index (χ4n) is 4.28. The van der Waals surface area contributed by atoms with Crippen LogP contribution in [0.3, 0.4) is 0 Å². The Morgan fingerprint density at radius 3 is 2.38 bits per heavy atom. The molecule has 3 aromatic carbocycles. The van der Waals surface area contributed by atoms with E-state index >= 15 is 0 Å². The zero-order valence-corrected chi connectivity index (χ0v) is 20.1. The van der Waals surface area contributed by atoms with Crippen molar-refractivity contribution in [1.82, 2.24) is 10.3 Å². The van der Waals surface area contributed by atoms with Gasteiger partial charge in [0.25, 0.3) is 5.91 Å². The third-order valence-electron chi connectivity index (χ3n) is 6.05. The van der Waals surface area contributed by atoms with Crippen molar-refractivity contribution in [2.75, 3.05) is 18.0 Å². The predicted molar refractivity (Wildman–Crippen MR) is 139 cm³/mol. The van der Waals surface area contributed by atoms with E-state index in [1.54, 1.807) is 5.01 Å². The van der Waals surface area contributed by atoms with Gasteiger partial charge >= 0.3 is 0 Å². The van der Waals surface area contributed by atoms with Gasteiger partial charge in [-0.15, -0.1) is 5.10 Å². The van der Waals surface area contributed by atoms with Gasteiger partial charge in [-0.3, -0.25) is 15.1 Å². The van der Waals surface area contributed by atoms with Crippen LogP contribution in [0.2, 0.25) is 0 Å². The van der Waals surface area contributed by atoms with Gasteiger partial charge in [0.2, 0.25) is 0 Å². The molecule has 0 aromatic heterocycles. The van der Waals surface area contributed by atoms with E-state index in [4.69, 9.17) is 10.1 Å². The Hall–Kier alpha value is -3.58. The quantitative estimate of drug-likeness (QED) is 0.599. The lowest BCUT2D eigenvalue weighted by Crippen LogP contribution is -2.50. The van der Waals surface area contributed by atoms with E-state index in [1.807, 2.05) is 42.5 Å². The van der Waals surface area contributed by atoms with Crippen LogP contribution in [0.1, 0.15) is 31.1 Å². The molecule has 172 valence electrons. The number of benzene rings is 3. The number of para-hydroxylation sites is 1. The summed E-state index contributed by atoms with van der Waals surface area (Å²) in [7, 11) is 0. The SMILES string of the molecule is CCN(CC)c1ccc([C@H]2N=c3ccccc3=C3C(=O)NC(SCc4ccccc4)=NN32)cc1. The fraction of sp³-hybridized carbons (Fsp3) is 0.222. The number of hydrogen-bond donors (Lipinski definition) is 1. The molecule has 1 N–H and O–H groups in total. The molecule has 2 aliphatic rings. The standard InChI is InChI=1S/C27H27N5OS/c1-3-31(4-2)21-16-14-20(15-17-21)25-28-23-13-9-8-12-22(23)24-26(33)29-27(30-32(24)25)34-18-19-10-6-5-7-11-19/h5-17,25H,3-4,18H2,1-2H3,(H,29,30,33)/t25-/m0/s1. The van der Waals surface area contributed by atoms with Gasteiger partial charge in [-0.2, -0.15) is 0 Å². The van der Waals surface area contributed by atoms with Crippen molar-refractivity contribution >= 4 is 34.2 Å². The number of amides is 1. The minimum atomic E-state index is -0.408. The summed E-state index contributed by atoms with van der Waals surface area (Å²) in [5.74, 6) is 0.567. The molecular formula is C27H27N5OS. The summed E-state index contributed by atoms with van der Waals surface area (Å²) >= 11 is 1.52. The molecule has 6 nitrogen and oxygen atoms in total. The van der Waals surface area contributed by atoms with Gasteiger partial charge in [0.05, 0.1) is 5.36 Å². The van der Waals surface area contributed by atoms with Crippen molar-refractivity contribution in [1.29, 1.82) is 0 Å². The number of carbonyl (C=O) groups is 1. The van der Waals surface area contributed by atoms with Crippen molar-refractivity contribution in [3.05, 3.63) is 101 Å². The molecule has 0 bridgehead atoms. The zero-order chi connectivity index (χ0) is 23.5. The number of amidine groups is 1. The first-order chi connectivity index (χ1) is 16.7. The highest BCUT2D eigenvalue weighted by Crippen LogP contribution is 2.32. The molecule has 34 heavy (non-hydrogen) atoms. The zero-order valence-electron chi connectivity index (χ0n) is 19.3. The number of nitrogens with one attached hydrogen (secondary N) is 1. The van der Waals surface area contributed by atoms with Gasteiger partial charge in [-0.1, -0.05) is 72.4 Å². The molecule has 1 amide bonds. The van der Waals surface area contributed by atoms with Gasteiger partial charge < -0.3 is 4.90 Å². The summed E-state index contributed by atoms with van der Waals surface area (Å²) in [6, 6.07) is 26.4. The van der Waals surface area contributed by atoms with E-state index < -0.39 is 6.17 Å². The van der Waals surface area contributed by atoms with E-state index in [0.717, 1.165) is 35.0 Å². The van der Waals surface area contributed by atoms with E-state index in [1.165, 1.54) is 23.0 Å². The lowest BCUT2D eigenvalue weighted by Gasteiger charge is -2.34. The van der Waals surface area contributed by atoms with Gasteiger partial charge in [0.15, 0.2) is 11.3 Å². The Bertz CT molecular complexity index is 1330. The first kappa shape index (κ1) is 22.2. The molecule has 2 aliphatic heterocycles. The second-order valence-electron chi connectivity index (χ2n) is 8.11. The van der Waals surface area contributed by atoms with Crippen LogP contribution >= 0.6 is 11.8 Å². The van der Waals surface area contributed by atoms with Crippen molar-refractivity contribution in [3.8, 4) is 0 Å². The van der Waals surface area contributed by atoms with Crippen LogP contribution in [0.5, 0.6) is 0 Å². The first-order valence-electron chi connectivity index (χ1n) is 11.6. The van der Waals surface area contributed by atoms with Crippen molar-refractivity contribution in [2.45, 2.75) is 25.8 Å². The molecule has 1 atom stereocenters. The second kappa shape index (κ2) is 9.73. The smallest absolute Gasteiger partial charge is 0.276 e. The highest BCUT2D eigenvalue weighted by molar-refractivity contribution is 8.13.